The van der Waals surface area contributed by atoms with Gasteiger partial charge in [-0.1, -0.05) is 30.9 Å². The molecule has 1 atom stereocenters. The second-order valence-electron chi connectivity index (χ2n) is 6.45. The average Bonchev–Trinajstić information content (AvgIpc) is 2.77. The molecule has 1 aliphatic rings. The standard InChI is InChI=1S/C18H26N2/c1-12-8-9-17-15(10-12)18(13(2)20-17)16(11-19)14-6-4-3-5-7-14/h8-10,14,16,20H,3-7,11,19H2,1-2H3. The van der Waals surface area contributed by atoms with Crippen molar-refractivity contribution < 1.29 is 0 Å². The molecule has 2 aromatic rings. The number of hydrogen-bond acceptors (Lipinski definition) is 1. The highest BCUT2D eigenvalue weighted by Gasteiger charge is 2.27. The van der Waals surface area contributed by atoms with E-state index in [4.69, 9.17) is 5.73 Å². The molecule has 0 radical (unpaired) electrons. The first-order valence-electron chi connectivity index (χ1n) is 7.99. The Morgan fingerprint density at radius 1 is 1.20 bits per heavy atom. The number of nitrogens with one attached hydrogen (secondary N) is 1. The van der Waals surface area contributed by atoms with E-state index >= 15 is 0 Å². The molecule has 1 aromatic heterocycles. The molecule has 0 spiro atoms. The molecule has 2 nitrogen and oxygen atoms in total. The van der Waals surface area contributed by atoms with Gasteiger partial charge in [-0.05, 0) is 56.8 Å². The zero-order valence-corrected chi connectivity index (χ0v) is 12.7. The van der Waals surface area contributed by atoms with Gasteiger partial charge in [0.15, 0.2) is 0 Å². The summed E-state index contributed by atoms with van der Waals surface area (Å²) < 4.78 is 0. The van der Waals surface area contributed by atoms with Crippen LogP contribution in [-0.4, -0.2) is 11.5 Å². The fourth-order valence-electron chi connectivity index (χ4n) is 4.02. The molecule has 0 saturated heterocycles. The zero-order valence-electron chi connectivity index (χ0n) is 12.7. The summed E-state index contributed by atoms with van der Waals surface area (Å²) in [6.45, 7) is 5.15. The Morgan fingerprint density at radius 3 is 2.65 bits per heavy atom. The van der Waals surface area contributed by atoms with Crippen molar-refractivity contribution >= 4 is 10.9 Å². The maximum atomic E-state index is 6.18. The van der Waals surface area contributed by atoms with Crippen LogP contribution in [-0.2, 0) is 0 Å². The van der Waals surface area contributed by atoms with E-state index in [1.54, 1.807) is 0 Å². The molecule has 3 rings (SSSR count). The smallest absolute Gasteiger partial charge is 0.0459 e. The summed E-state index contributed by atoms with van der Waals surface area (Å²) in [5.41, 5.74) is 11.6. The number of nitrogens with two attached hydrogens (primary N) is 1. The van der Waals surface area contributed by atoms with Gasteiger partial charge in [0.25, 0.3) is 0 Å². The molecule has 1 aliphatic carbocycles. The van der Waals surface area contributed by atoms with Crippen molar-refractivity contribution in [2.45, 2.75) is 51.9 Å². The lowest BCUT2D eigenvalue weighted by molar-refractivity contribution is 0.308. The molecule has 1 aromatic carbocycles. The molecule has 1 heterocycles. The summed E-state index contributed by atoms with van der Waals surface area (Å²) in [7, 11) is 0. The molecular weight excluding hydrogens is 244 g/mol. The highest BCUT2D eigenvalue weighted by molar-refractivity contribution is 5.86. The molecule has 0 aliphatic heterocycles. The molecule has 1 saturated carbocycles. The third-order valence-electron chi connectivity index (χ3n) is 5.04. The fraction of sp³-hybridized carbons (Fsp3) is 0.556. The van der Waals surface area contributed by atoms with Gasteiger partial charge >= 0.3 is 0 Å². The third kappa shape index (κ3) is 2.37. The molecular formula is C18H26N2. The normalized spacial score (nSPS) is 18.6. The Hall–Kier alpha value is -1.28. The minimum atomic E-state index is 0.519. The van der Waals surface area contributed by atoms with E-state index in [0.29, 0.717) is 5.92 Å². The lowest BCUT2D eigenvalue weighted by atomic mass is 9.76. The predicted octanol–water partition coefficient (Wildman–Crippen LogP) is 4.41. The molecule has 1 unspecified atom stereocenters. The van der Waals surface area contributed by atoms with Crippen molar-refractivity contribution in [1.82, 2.24) is 4.98 Å². The van der Waals surface area contributed by atoms with E-state index in [-0.39, 0.29) is 0 Å². The first-order valence-corrected chi connectivity index (χ1v) is 7.99. The van der Waals surface area contributed by atoms with E-state index in [1.807, 2.05) is 0 Å². The van der Waals surface area contributed by atoms with Crippen molar-refractivity contribution in [1.29, 1.82) is 0 Å². The largest absolute Gasteiger partial charge is 0.358 e. The summed E-state index contributed by atoms with van der Waals surface area (Å²) in [5.74, 6) is 1.29. The molecule has 0 amide bonds. The van der Waals surface area contributed by atoms with E-state index in [9.17, 15) is 0 Å². The Morgan fingerprint density at radius 2 is 1.95 bits per heavy atom. The molecule has 20 heavy (non-hydrogen) atoms. The van der Waals surface area contributed by atoms with Crippen LogP contribution in [0.15, 0.2) is 18.2 Å². The van der Waals surface area contributed by atoms with Crippen molar-refractivity contribution in [2.75, 3.05) is 6.54 Å². The molecule has 0 bridgehead atoms. The van der Waals surface area contributed by atoms with Crippen LogP contribution < -0.4 is 5.73 Å². The highest BCUT2D eigenvalue weighted by atomic mass is 14.7. The topological polar surface area (TPSA) is 41.8 Å². The summed E-state index contributed by atoms with van der Waals surface area (Å²) in [6.07, 6.45) is 6.85. The maximum absolute atomic E-state index is 6.18. The van der Waals surface area contributed by atoms with Gasteiger partial charge in [0.2, 0.25) is 0 Å². The van der Waals surface area contributed by atoms with E-state index in [2.05, 4.69) is 37.0 Å². The third-order valence-corrected chi connectivity index (χ3v) is 5.04. The van der Waals surface area contributed by atoms with Crippen LogP contribution in [0.4, 0.5) is 0 Å². The fourth-order valence-corrected chi connectivity index (χ4v) is 4.02. The number of rotatable bonds is 3. The first kappa shape index (κ1) is 13.7. The Labute approximate surface area is 121 Å². The molecule has 1 fully saturated rings. The van der Waals surface area contributed by atoms with E-state index < -0.39 is 0 Å². The minimum absolute atomic E-state index is 0.519. The summed E-state index contributed by atoms with van der Waals surface area (Å²) in [5, 5.41) is 1.39. The monoisotopic (exact) mass is 270 g/mol. The van der Waals surface area contributed by atoms with Gasteiger partial charge in [0.05, 0.1) is 0 Å². The van der Waals surface area contributed by atoms with Crippen LogP contribution in [0.3, 0.4) is 0 Å². The van der Waals surface area contributed by atoms with Crippen molar-refractivity contribution in [3.05, 3.63) is 35.0 Å². The van der Waals surface area contributed by atoms with Crippen LogP contribution in [0.25, 0.3) is 10.9 Å². The van der Waals surface area contributed by atoms with Crippen LogP contribution in [0.5, 0.6) is 0 Å². The summed E-state index contributed by atoms with van der Waals surface area (Å²) in [4.78, 5) is 3.55. The van der Waals surface area contributed by atoms with Gasteiger partial charge in [0, 0.05) is 22.5 Å². The Balaban J connectivity index is 2.06. The number of fused-ring (bicyclic) bond motifs is 1. The quantitative estimate of drug-likeness (QED) is 0.852. The Kier molecular flexibility index (Phi) is 3.84. The van der Waals surface area contributed by atoms with Crippen molar-refractivity contribution in [3.8, 4) is 0 Å². The van der Waals surface area contributed by atoms with Gasteiger partial charge < -0.3 is 10.7 Å². The van der Waals surface area contributed by atoms with Crippen LogP contribution in [0.2, 0.25) is 0 Å². The lowest BCUT2D eigenvalue weighted by Crippen LogP contribution is -2.24. The van der Waals surface area contributed by atoms with Gasteiger partial charge in [0.1, 0.15) is 0 Å². The number of aryl methyl sites for hydroxylation is 2. The number of hydrogen-bond donors (Lipinski definition) is 2. The van der Waals surface area contributed by atoms with Crippen molar-refractivity contribution in [3.63, 3.8) is 0 Å². The van der Waals surface area contributed by atoms with Gasteiger partial charge in [-0.3, -0.25) is 0 Å². The lowest BCUT2D eigenvalue weighted by Gasteiger charge is -2.30. The summed E-state index contributed by atoms with van der Waals surface area (Å²) in [6, 6.07) is 6.70. The van der Waals surface area contributed by atoms with Crippen LogP contribution in [0, 0.1) is 19.8 Å². The highest BCUT2D eigenvalue weighted by Crippen LogP contribution is 2.39. The van der Waals surface area contributed by atoms with Gasteiger partial charge in [-0.2, -0.15) is 0 Å². The Bertz CT molecular complexity index is 591. The first-order chi connectivity index (χ1) is 9.70. The zero-order chi connectivity index (χ0) is 14.1. The number of benzene rings is 1. The average molecular weight is 270 g/mol. The summed E-state index contributed by atoms with van der Waals surface area (Å²) >= 11 is 0. The molecule has 3 N–H and O–H groups in total. The maximum Gasteiger partial charge on any atom is 0.0459 e. The predicted molar refractivity (Wildman–Crippen MR) is 86.1 cm³/mol. The molecule has 108 valence electrons. The van der Waals surface area contributed by atoms with Crippen LogP contribution in [0.1, 0.15) is 54.8 Å². The number of aromatic amines is 1. The number of H-pyrrole nitrogens is 1. The van der Waals surface area contributed by atoms with Crippen molar-refractivity contribution in [2.24, 2.45) is 11.7 Å². The second kappa shape index (κ2) is 5.61. The minimum Gasteiger partial charge on any atom is -0.358 e. The second-order valence-corrected chi connectivity index (χ2v) is 6.45. The number of aromatic nitrogens is 1. The van der Waals surface area contributed by atoms with E-state index in [1.165, 1.54) is 59.8 Å². The SMILES string of the molecule is Cc1ccc2[nH]c(C)c(C(CN)C3CCCCC3)c2c1. The van der Waals surface area contributed by atoms with E-state index in [0.717, 1.165) is 12.5 Å². The van der Waals surface area contributed by atoms with Gasteiger partial charge in [-0.15, -0.1) is 0 Å². The van der Waals surface area contributed by atoms with Gasteiger partial charge in [-0.25, -0.2) is 0 Å². The van der Waals surface area contributed by atoms with Crippen LogP contribution >= 0.6 is 0 Å². The molecule has 2 heteroatoms.